The predicted octanol–water partition coefficient (Wildman–Crippen LogP) is 0.947. The number of carboxylic acids is 1. The Bertz CT molecular complexity index is 321. The molecule has 0 spiro atoms. The summed E-state index contributed by atoms with van der Waals surface area (Å²) >= 11 is 1.37. The standard InChI is InChI=1S/C9H11NO3S/c1-10(6-9(12)13)5-7(11)8-3-2-4-14-8/h2-4H,5-6H2,1H3,(H,12,13). The van der Waals surface area contributed by atoms with Crippen molar-refractivity contribution in [1.29, 1.82) is 0 Å². The molecule has 0 unspecified atom stereocenters. The summed E-state index contributed by atoms with van der Waals surface area (Å²) in [5, 5.41) is 10.3. The van der Waals surface area contributed by atoms with Crippen LogP contribution >= 0.6 is 11.3 Å². The van der Waals surface area contributed by atoms with Crippen molar-refractivity contribution >= 4 is 23.1 Å². The largest absolute Gasteiger partial charge is 0.480 e. The van der Waals surface area contributed by atoms with Crippen LogP contribution in [0.2, 0.25) is 0 Å². The number of carboxylic acid groups (broad SMARTS) is 1. The maximum absolute atomic E-state index is 11.5. The summed E-state index contributed by atoms with van der Waals surface area (Å²) in [6, 6.07) is 3.54. The molecule has 5 heteroatoms. The lowest BCUT2D eigenvalue weighted by atomic mass is 10.3. The zero-order valence-corrected chi connectivity index (χ0v) is 8.58. The molecule has 1 rings (SSSR count). The van der Waals surface area contributed by atoms with Gasteiger partial charge < -0.3 is 5.11 Å². The molecule has 0 bridgehead atoms. The van der Waals surface area contributed by atoms with E-state index >= 15 is 0 Å². The molecular formula is C9H11NO3S. The molecule has 14 heavy (non-hydrogen) atoms. The molecule has 1 N–H and O–H groups in total. The van der Waals surface area contributed by atoms with Crippen LogP contribution < -0.4 is 0 Å². The first-order valence-corrected chi connectivity index (χ1v) is 4.94. The lowest BCUT2D eigenvalue weighted by Gasteiger charge is -2.11. The number of thiophene rings is 1. The van der Waals surface area contributed by atoms with Crippen molar-refractivity contribution < 1.29 is 14.7 Å². The van der Waals surface area contributed by atoms with Gasteiger partial charge in [-0.15, -0.1) is 11.3 Å². The third-order valence-electron chi connectivity index (χ3n) is 1.61. The molecule has 1 heterocycles. The summed E-state index contributed by atoms with van der Waals surface area (Å²) in [5.74, 6) is -0.963. The van der Waals surface area contributed by atoms with E-state index in [4.69, 9.17) is 5.11 Å². The first kappa shape index (κ1) is 10.9. The van der Waals surface area contributed by atoms with E-state index in [0.717, 1.165) is 0 Å². The molecule has 0 aromatic carbocycles. The van der Waals surface area contributed by atoms with Gasteiger partial charge in [-0.2, -0.15) is 0 Å². The first-order valence-electron chi connectivity index (χ1n) is 4.06. The highest BCUT2D eigenvalue weighted by atomic mass is 32.1. The summed E-state index contributed by atoms with van der Waals surface area (Å²) in [6.07, 6.45) is 0. The number of carbonyl (C=O) groups is 2. The number of rotatable bonds is 5. The lowest BCUT2D eigenvalue weighted by Crippen LogP contribution is -2.30. The number of hydrogen-bond acceptors (Lipinski definition) is 4. The number of aliphatic carboxylic acids is 1. The monoisotopic (exact) mass is 213 g/mol. The topological polar surface area (TPSA) is 57.6 Å². The van der Waals surface area contributed by atoms with Crippen molar-refractivity contribution in [3.8, 4) is 0 Å². The maximum Gasteiger partial charge on any atom is 0.317 e. The van der Waals surface area contributed by atoms with E-state index in [-0.39, 0.29) is 18.9 Å². The second kappa shape index (κ2) is 4.88. The van der Waals surface area contributed by atoms with Gasteiger partial charge in [-0.05, 0) is 18.5 Å². The number of nitrogens with zero attached hydrogens (tertiary/aromatic N) is 1. The summed E-state index contributed by atoms with van der Waals surface area (Å²) in [7, 11) is 1.61. The minimum atomic E-state index is -0.925. The number of carbonyl (C=O) groups excluding carboxylic acids is 1. The van der Waals surface area contributed by atoms with Crippen LogP contribution in [-0.4, -0.2) is 41.9 Å². The number of Topliss-reactive ketones (excluding diaryl/α,β-unsaturated/α-hetero) is 1. The quantitative estimate of drug-likeness (QED) is 0.740. The van der Waals surface area contributed by atoms with Crippen LogP contribution in [0.4, 0.5) is 0 Å². The van der Waals surface area contributed by atoms with Crippen molar-refractivity contribution in [2.75, 3.05) is 20.1 Å². The fourth-order valence-corrected chi connectivity index (χ4v) is 1.70. The van der Waals surface area contributed by atoms with Crippen molar-refractivity contribution in [1.82, 2.24) is 4.90 Å². The Morgan fingerprint density at radius 2 is 2.21 bits per heavy atom. The third kappa shape index (κ3) is 3.27. The molecule has 0 saturated heterocycles. The van der Waals surface area contributed by atoms with Crippen LogP contribution in [0.15, 0.2) is 17.5 Å². The van der Waals surface area contributed by atoms with Crippen LogP contribution in [0.25, 0.3) is 0 Å². The summed E-state index contributed by atoms with van der Waals surface area (Å²) in [4.78, 5) is 23.9. The highest BCUT2D eigenvalue weighted by Gasteiger charge is 2.11. The van der Waals surface area contributed by atoms with E-state index in [1.54, 1.807) is 19.2 Å². The average Bonchev–Trinajstić information content (AvgIpc) is 2.53. The molecule has 0 aliphatic rings. The average molecular weight is 213 g/mol. The van der Waals surface area contributed by atoms with Crippen LogP contribution in [0.1, 0.15) is 9.67 Å². The van der Waals surface area contributed by atoms with Gasteiger partial charge in [0.05, 0.1) is 18.0 Å². The molecule has 76 valence electrons. The van der Waals surface area contributed by atoms with Crippen LogP contribution in [0, 0.1) is 0 Å². The molecule has 0 aliphatic heterocycles. The molecule has 0 amide bonds. The zero-order chi connectivity index (χ0) is 10.6. The van der Waals surface area contributed by atoms with Crippen molar-refractivity contribution in [2.45, 2.75) is 0 Å². The number of ketones is 1. The molecule has 0 saturated carbocycles. The molecule has 4 nitrogen and oxygen atoms in total. The molecule has 1 aromatic rings. The van der Waals surface area contributed by atoms with Gasteiger partial charge in [0, 0.05) is 0 Å². The van der Waals surface area contributed by atoms with Gasteiger partial charge in [-0.25, -0.2) is 0 Å². The Morgan fingerprint density at radius 3 is 2.71 bits per heavy atom. The summed E-state index contributed by atoms with van der Waals surface area (Å²) in [6.45, 7) is 0.0317. The van der Waals surface area contributed by atoms with E-state index in [9.17, 15) is 9.59 Å². The van der Waals surface area contributed by atoms with Gasteiger partial charge in [0.2, 0.25) is 0 Å². The van der Waals surface area contributed by atoms with Gasteiger partial charge in [0.1, 0.15) is 0 Å². The van der Waals surface area contributed by atoms with E-state index in [1.807, 2.05) is 5.38 Å². The second-order valence-electron chi connectivity index (χ2n) is 2.97. The molecular weight excluding hydrogens is 202 g/mol. The summed E-state index contributed by atoms with van der Waals surface area (Å²) < 4.78 is 0. The predicted molar refractivity (Wildman–Crippen MR) is 53.8 cm³/mol. The highest BCUT2D eigenvalue weighted by Crippen LogP contribution is 2.09. The van der Waals surface area contributed by atoms with Gasteiger partial charge in [-0.1, -0.05) is 6.07 Å². The van der Waals surface area contributed by atoms with E-state index in [0.29, 0.717) is 4.88 Å². The Labute approximate surface area is 85.8 Å². The minimum absolute atomic E-state index is 0.0382. The Hall–Kier alpha value is -1.20. The molecule has 1 aromatic heterocycles. The third-order valence-corrected chi connectivity index (χ3v) is 2.53. The van der Waals surface area contributed by atoms with E-state index in [1.165, 1.54) is 16.2 Å². The summed E-state index contributed by atoms with van der Waals surface area (Å²) in [5.41, 5.74) is 0. The Kier molecular flexibility index (Phi) is 3.79. The Morgan fingerprint density at radius 1 is 1.50 bits per heavy atom. The fourth-order valence-electron chi connectivity index (χ4n) is 1.05. The van der Waals surface area contributed by atoms with Gasteiger partial charge in [0.15, 0.2) is 5.78 Å². The lowest BCUT2D eigenvalue weighted by molar-refractivity contribution is -0.137. The molecule has 0 fully saturated rings. The molecule has 0 atom stereocenters. The molecule has 0 aliphatic carbocycles. The van der Waals surface area contributed by atoms with Gasteiger partial charge in [-0.3, -0.25) is 14.5 Å². The van der Waals surface area contributed by atoms with Gasteiger partial charge >= 0.3 is 5.97 Å². The fraction of sp³-hybridized carbons (Fsp3) is 0.333. The van der Waals surface area contributed by atoms with Crippen molar-refractivity contribution in [3.63, 3.8) is 0 Å². The second-order valence-corrected chi connectivity index (χ2v) is 3.91. The van der Waals surface area contributed by atoms with Gasteiger partial charge in [0.25, 0.3) is 0 Å². The SMILES string of the molecule is CN(CC(=O)O)CC(=O)c1cccs1. The van der Waals surface area contributed by atoms with E-state index in [2.05, 4.69) is 0 Å². The van der Waals surface area contributed by atoms with Crippen molar-refractivity contribution in [3.05, 3.63) is 22.4 Å². The maximum atomic E-state index is 11.5. The van der Waals surface area contributed by atoms with Crippen LogP contribution in [0.3, 0.4) is 0 Å². The molecule has 0 radical (unpaired) electrons. The zero-order valence-electron chi connectivity index (χ0n) is 7.77. The number of hydrogen-bond donors (Lipinski definition) is 1. The number of likely N-dealkylation sites (N-methyl/N-ethyl adjacent to an activating group) is 1. The normalized spacial score (nSPS) is 10.4. The van der Waals surface area contributed by atoms with Crippen LogP contribution in [0.5, 0.6) is 0 Å². The van der Waals surface area contributed by atoms with E-state index < -0.39 is 5.97 Å². The smallest absolute Gasteiger partial charge is 0.317 e. The first-order chi connectivity index (χ1) is 6.59. The highest BCUT2D eigenvalue weighted by molar-refractivity contribution is 7.12. The minimum Gasteiger partial charge on any atom is -0.480 e. The van der Waals surface area contributed by atoms with Crippen molar-refractivity contribution in [2.24, 2.45) is 0 Å². The van der Waals surface area contributed by atoms with Crippen LogP contribution in [-0.2, 0) is 4.79 Å². The Balaban J connectivity index is 2.45.